The molecule has 5 nitrogen and oxygen atoms in total. The summed E-state index contributed by atoms with van der Waals surface area (Å²) in [6.07, 6.45) is 1.76. The lowest BCUT2D eigenvalue weighted by Crippen LogP contribution is -2.47. The highest BCUT2D eigenvalue weighted by Crippen LogP contribution is 2.21. The van der Waals surface area contributed by atoms with Gasteiger partial charge in [-0.05, 0) is 38.8 Å². The van der Waals surface area contributed by atoms with E-state index in [1.165, 1.54) is 16.7 Å². The molecule has 1 aliphatic heterocycles. The van der Waals surface area contributed by atoms with Gasteiger partial charge in [0.15, 0.2) is 0 Å². The Kier molecular flexibility index (Phi) is 6.12. The van der Waals surface area contributed by atoms with E-state index in [1.54, 1.807) is 0 Å². The zero-order valence-electron chi connectivity index (χ0n) is 16.6. The van der Waals surface area contributed by atoms with E-state index in [0.29, 0.717) is 6.54 Å². The van der Waals surface area contributed by atoms with Crippen LogP contribution in [0.4, 0.5) is 0 Å². The number of hydrogen-bond donors (Lipinski definition) is 1. The minimum Gasteiger partial charge on any atom is -0.387 e. The van der Waals surface area contributed by atoms with Crippen molar-refractivity contribution in [1.82, 2.24) is 19.6 Å². The summed E-state index contributed by atoms with van der Waals surface area (Å²) in [5.74, 6) is 0. The number of aryl methyl sites for hydroxylation is 4. The predicted molar refractivity (Wildman–Crippen MR) is 105 cm³/mol. The van der Waals surface area contributed by atoms with Gasteiger partial charge in [0.05, 0.1) is 11.8 Å². The fraction of sp³-hybridized carbons (Fsp3) is 0.571. The second kappa shape index (κ2) is 8.33. The van der Waals surface area contributed by atoms with Crippen LogP contribution in [0.25, 0.3) is 0 Å². The lowest BCUT2D eigenvalue weighted by Gasteiger charge is -2.35. The van der Waals surface area contributed by atoms with Crippen LogP contribution in [0, 0.1) is 20.8 Å². The number of nitrogens with zero attached hydrogens (tertiary/aromatic N) is 4. The molecule has 1 aliphatic rings. The van der Waals surface area contributed by atoms with Gasteiger partial charge in [0.25, 0.3) is 0 Å². The molecule has 3 rings (SSSR count). The number of rotatable bonds is 6. The third-order valence-electron chi connectivity index (χ3n) is 5.46. The van der Waals surface area contributed by atoms with Gasteiger partial charge in [-0.2, -0.15) is 5.10 Å². The Morgan fingerprint density at radius 1 is 1.08 bits per heavy atom. The highest BCUT2D eigenvalue weighted by Gasteiger charge is 2.21. The first-order chi connectivity index (χ1) is 12.5. The average Bonchev–Trinajstić information content (AvgIpc) is 2.98. The molecule has 1 atom stereocenters. The van der Waals surface area contributed by atoms with E-state index in [1.807, 2.05) is 4.68 Å². The Bertz CT molecular complexity index is 732. The Hall–Kier alpha value is -1.69. The van der Waals surface area contributed by atoms with Gasteiger partial charge < -0.3 is 5.11 Å². The van der Waals surface area contributed by atoms with Gasteiger partial charge in [-0.1, -0.05) is 23.8 Å². The lowest BCUT2D eigenvalue weighted by atomic mass is 10.0. The Morgan fingerprint density at radius 2 is 1.77 bits per heavy atom. The smallest absolute Gasteiger partial charge is 0.0919 e. The summed E-state index contributed by atoms with van der Waals surface area (Å²) in [5, 5.41) is 15.2. The lowest BCUT2D eigenvalue weighted by molar-refractivity contribution is 0.0697. The number of β-amino-alcohol motifs (C(OH)–C–C–N with tert-alkyl or cyclic N) is 1. The first-order valence-electron chi connectivity index (χ1n) is 9.69. The molecule has 1 N–H and O–H groups in total. The molecule has 0 unspecified atom stereocenters. The molecule has 2 heterocycles. The van der Waals surface area contributed by atoms with Gasteiger partial charge >= 0.3 is 0 Å². The standard InChI is InChI=1S/C21H32N4O/c1-5-25-14-19(18(4)22-25)13-23-8-10-24(11-9-23)15-21(26)20-12-16(2)6-7-17(20)3/h6-7,12,14,21,26H,5,8-11,13,15H2,1-4H3/t21-/m1/s1. The molecule has 142 valence electrons. The van der Waals surface area contributed by atoms with Crippen molar-refractivity contribution in [3.05, 3.63) is 52.3 Å². The van der Waals surface area contributed by atoms with Crippen molar-refractivity contribution in [3.63, 3.8) is 0 Å². The molecule has 5 heteroatoms. The van der Waals surface area contributed by atoms with E-state index in [4.69, 9.17) is 0 Å². The van der Waals surface area contributed by atoms with E-state index in [0.717, 1.165) is 50.5 Å². The van der Waals surface area contributed by atoms with Crippen molar-refractivity contribution in [2.45, 2.75) is 46.9 Å². The number of hydrogen-bond acceptors (Lipinski definition) is 4. The maximum Gasteiger partial charge on any atom is 0.0919 e. The Morgan fingerprint density at radius 3 is 2.42 bits per heavy atom. The molecular formula is C21H32N4O. The summed E-state index contributed by atoms with van der Waals surface area (Å²) in [4.78, 5) is 4.87. The van der Waals surface area contributed by atoms with Crippen LogP contribution in [0.2, 0.25) is 0 Å². The van der Waals surface area contributed by atoms with Crippen LogP contribution < -0.4 is 0 Å². The number of aromatic nitrogens is 2. The second-order valence-electron chi connectivity index (χ2n) is 7.55. The van der Waals surface area contributed by atoms with Crippen LogP contribution in [0.3, 0.4) is 0 Å². The SMILES string of the molecule is CCn1cc(CN2CCN(C[C@@H](O)c3cc(C)ccc3C)CC2)c(C)n1. The van der Waals surface area contributed by atoms with Gasteiger partial charge in [-0.3, -0.25) is 14.5 Å². The van der Waals surface area contributed by atoms with Crippen molar-refractivity contribution in [2.75, 3.05) is 32.7 Å². The van der Waals surface area contributed by atoms with Crippen LogP contribution in [0.15, 0.2) is 24.4 Å². The third kappa shape index (κ3) is 4.53. The topological polar surface area (TPSA) is 44.5 Å². The summed E-state index contributed by atoms with van der Waals surface area (Å²) in [6.45, 7) is 15.1. The predicted octanol–water partition coefficient (Wildman–Crippen LogP) is 2.68. The highest BCUT2D eigenvalue weighted by molar-refractivity contribution is 5.32. The molecule has 0 amide bonds. The summed E-state index contributed by atoms with van der Waals surface area (Å²) < 4.78 is 2.02. The third-order valence-corrected chi connectivity index (χ3v) is 5.46. The maximum atomic E-state index is 10.7. The van der Waals surface area contributed by atoms with Crippen molar-refractivity contribution in [3.8, 4) is 0 Å². The number of benzene rings is 1. The maximum absolute atomic E-state index is 10.7. The highest BCUT2D eigenvalue weighted by atomic mass is 16.3. The van der Waals surface area contributed by atoms with Gasteiger partial charge in [0.2, 0.25) is 0 Å². The van der Waals surface area contributed by atoms with Gasteiger partial charge in [0, 0.05) is 57.6 Å². The fourth-order valence-electron chi connectivity index (χ4n) is 3.71. The first-order valence-corrected chi connectivity index (χ1v) is 9.69. The molecule has 1 saturated heterocycles. The Balaban J connectivity index is 1.52. The number of piperazine rings is 1. The van der Waals surface area contributed by atoms with E-state index in [9.17, 15) is 5.11 Å². The van der Waals surface area contributed by atoms with Gasteiger partial charge in [0.1, 0.15) is 0 Å². The van der Waals surface area contributed by atoms with Gasteiger partial charge in [-0.15, -0.1) is 0 Å². The average molecular weight is 357 g/mol. The second-order valence-corrected chi connectivity index (χ2v) is 7.55. The molecule has 0 aliphatic carbocycles. The zero-order valence-corrected chi connectivity index (χ0v) is 16.6. The summed E-state index contributed by atoms with van der Waals surface area (Å²) >= 11 is 0. The zero-order chi connectivity index (χ0) is 18.7. The molecule has 0 spiro atoms. The molecule has 0 bridgehead atoms. The molecule has 2 aromatic rings. The molecule has 1 aromatic carbocycles. The summed E-state index contributed by atoms with van der Waals surface area (Å²) in [7, 11) is 0. The van der Waals surface area contributed by atoms with Crippen LogP contribution in [0.5, 0.6) is 0 Å². The quantitative estimate of drug-likeness (QED) is 0.864. The molecule has 1 aromatic heterocycles. The van der Waals surface area contributed by atoms with E-state index < -0.39 is 6.10 Å². The fourth-order valence-corrected chi connectivity index (χ4v) is 3.71. The minimum atomic E-state index is -0.411. The van der Waals surface area contributed by atoms with Crippen molar-refractivity contribution < 1.29 is 5.11 Å². The van der Waals surface area contributed by atoms with Crippen LogP contribution in [-0.2, 0) is 13.1 Å². The van der Waals surface area contributed by atoms with Crippen LogP contribution in [-0.4, -0.2) is 57.4 Å². The minimum absolute atomic E-state index is 0.411. The first kappa shape index (κ1) is 19.1. The molecule has 0 saturated carbocycles. The van der Waals surface area contributed by atoms with Gasteiger partial charge in [-0.25, -0.2) is 0 Å². The van der Waals surface area contributed by atoms with E-state index in [2.05, 4.69) is 67.0 Å². The molecule has 0 radical (unpaired) electrons. The monoisotopic (exact) mass is 356 g/mol. The number of aliphatic hydroxyl groups excluding tert-OH is 1. The number of aliphatic hydroxyl groups is 1. The molecular weight excluding hydrogens is 324 g/mol. The van der Waals surface area contributed by atoms with E-state index in [-0.39, 0.29) is 0 Å². The van der Waals surface area contributed by atoms with Crippen LogP contribution in [0.1, 0.15) is 41.0 Å². The molecule has 1 fully saturated rings. The normalized spacial score (nSPS) is 17.6. The van der Waals surface area contributed by atoms with Crippen LogP contribution >= 0.6 is 0 Å². The molecule has 26 heavy (non-hydrogen) atoms. The summed E-state index contributed by atoms with van der Waals surface area (Å²) in [5.41, 5.74) is 5.91. The van der Waals surface area contributed by atoms with Crippen molar-refractivity contribution in [1.29, 1.82) is 0 Å². The van der Waals surface area contributed by atoms with E-state index >= 15 is 0 Å². The van der Waals surface area contributed by atoms with Crippen molar-refractivity contribution >= 4 is 0 Å². The Labute approximate surface area is 157 Å². The summed E-state index contributed by atoms with van der Waals surface area (Å²) in [6, 6.07) is 6.32. The van der Waals surface area contributed by atoms with Crippen molar-refractivity contribution in [2.24, 2.45) is 0 Å². The largest absolute Gasteiger partial charge is 0.387 e.